The van der Waals surface area contributed by atoms with Crippen LogP contribution in [0.5, 0.6) is 5.75 Å². The van der Waals surface area contributed by atoms with E-state index in [4.69, 9.17) is 4.74 Å². The SMILES string of the molecule is CC=Cc1ccccc1OC(CNCC)C(C)C. The molecule has 0 amide bonds. The molecule has 0 saturated heterocycles. The summed E-state index contributed by atoms with van der Waals surface area (Å²) < 4.78 is 6.15. The van der Waals surface area contributed by atoms with Crippen molar-refractivity contribution in [1.29, 1.82) is 0 Å². The van der Waals surface area contributed by atoms with Crippen molar-refractivity contribution in [3.05, 3.63) is 35.9 Å². The van der Waals surface area contributed by atoms with Gasteiger partial charge in [0.15, 0.2) is 0 Å². The number of ether oxygens (including phenoxy) is 1. The molecule has 0 bridgehead atoms. The van der Waals surface area contributed by atoms with Crippen LogP contribution in [0.25, 0.3) is 6.08 Å². The van der Waals surface area contributed by atoms with E-state index in [-0.39, 0.29) is 6.10 Å². The first-order valence-corrected chi connectivity index (χ1v) is 6.78. The first-order chi connectivity index (χ1) is 8.69. The molecule has 100 valence electrons. The van der Waals surface area contributed by atoms with Gasteiger partial charge in [0.25, 0.3) is 0 Å². The van der Waals surface area contributed by atoms with Gasteiger partial charge in [-0.15, -0.1) is 0 Å². The monoisotopic (exact) mass is 247 g/mol. The van der Waals surface area contributed by atoms with Crippen molar-refractivity contribution in [1.82, 2.24) is 5.32 Å². The molecule has 1 N–H and O–H groups in total. The van der Waals surface area contributed by atoms with Gasteiger partial charge >= 0.3 is 0 Å². The first kappa shape index (κ1) is 14.8. The topological polar surface area (TPSA) is 21.3 Å². The Morgan fingerprint density at radius 3 is 2.61 bits per heavy atom. The fourth-order valence-corrected chi connectivity index (χ4v) is 1.77. The zero-order valence-electron chi connectivity index (χ0n) is 11.9. The van der Waals surface area contributed by atoms with E-state index in [0.29, 0.717) is 5.92 Å². The number of benzene rings is 1. The lowest BCUT2D eigenvalue weighted by atomic mass is 10.1. The molecule has 18 heavy (non-hydrogen) atoms. The van der Waals surface area contributed by atoms with Crippen LogP contribution in [0.3, 0.4) is 0 Å². The van der Waals surface area contributed by atoms with Crippen LogP contribution in [0, 0.1) is 5.92 Å². The van der Waals surface area contributed by atoms with Gasteiger partial charge in [-0.1, -0.05) is 51.1 Å². The summed E-state index contributed by atoms with van der Waals surface area (Å²) in [6, 6.07) is 8.18. The Morgan fingerprint density at radius 2 is 2.00 bits per heavy atom. The predicted molar refractivity (Wildman–Crippen MR) is 78.9 cm³/mol. The zero-order valence-corrected chi connectivity index (χ0v) is 11.9. The molecule has 0 radical (unpaired) electrons. The first-order valence-electron chi connectivity index (χ1n) is 6.78. The van der Waals surface area contributed by atoms with Crippen molar-refractivity contribution in [2.75, 3.05) is 13.1 Å². The molecule has 0 spiro atoms. The van der Waals surface area contributed by atoms with E-state index < -0.39 is 0 Å². The summed E-state index contributed by atoms with van der Waals surface area (Å²) in [4.78, 5) is 0. The Morgan fingerprint density at radius 1 is 1.28 bits per heavy atom. The summed E-state index contributed by atoms with van der Waals surface area (Å²) in [7, 11) is 0. The lowest BCUT2D eigenvalue weighted by Gasteiger charge is -2.24. The molecule has 1 unspecified atom stereocenters. The molecule has 2 nitrogen and oxygen atoms in total. The Kier molecular flexibility index (Phi) is 6.51. The van der Waals surface area contributed by atoms with E-state index in [1.54, 1.807) is 0 Å². The van der Waals surface area contributed by atoms with Crippen LogP contribution in [-0.4, -0.2) is 19.2 Å². The maximum Gasteiger partial charge on any atom is 0.127 e. The average Bonchev–Trinajstić information content (AvgIpc) is 2.36. The summed E-state index contributed by atoms with van der Waals surface area (Å²) in [5, 5.41) is 3.36. The van der Waals surface area contributed by atoms with Gasteiger partial charge in [0.2, 0.25) is 0 Å². The predicted octanol–water partition coefficient (Wildman–Crippen LogP) is 3.73. The molecule has 0 aliphatic carbocycles. The van der Waals surface area contributed by atoms with Crippen molar-refractivity contribution in [2.45, 2.75) is 33.8 Å². The second kappa shape index (κ2) is 7.93. The van der Waals surface area contributed by atoms with Gasteiger partial charge in [-0.3, -0.25) is 0 Å². The standard InChI is InChI=1S/C16H25NO/c1-5-9-14-10-7-8-11-15(14)18-16(13(3)4)12-17-6-2/h5,7-11,13,16-17H,6,12H2,1-4H3. The Bertz CT molecular complexity index is 371. The molecule has 1 aromatic rings. The second-order valence-corrected chi connectivity index (χ2v) is 4.75. The molecular weight excluding hydrogens is 222 g/mol. The van der Waals surface area contributed by atoms with Crippen LogP contribution in [0.2, 0.25) is 0 Å². The Labute approximate surface area is 111 Å². The third-order valence-electron chi connectivity index (χ3n) is 2.88. The molecule has 0 fully saturated rings. The van der Waals surface area contributed by atoms with Gasteiger partial charge in [-0.2, -0.15) is 0 Å². The molecule has 1 aromatic carbocycles. The highest BCUT2D eigenvalue weighted by Crippen LogP contribution is 2.22. The number of likely N-dealkylation sites (N-methyl/N-ethyl adjacent to an activating group) is 1. The van der Waals surface area contributed by atoms with Crippen LogP contribution in [-0.2, 0) is 0 Å². The van der Waals surface area contributed by atoms with E-state index in [0.717, 1.165) is 24.4 Å². The molecule has 0 aromatic heterocycles. The molecule has 0 heterocycles. The third-order valence-corrected chi connectivity index (χ3v) is 2.88. The van der Waals surface area contributed by atoms with Gasteiger partial charge in [-0.05, 0) is 25.5 Å². The highest BCUT2D eigenvalue weighted by molar-refractivity contribution is 5.56. The fraction of sp³-hybridized carbons (Fsp3) is 0.500. The van der Waals surface area contributed by atoms with Crippen molar-refractivity contribution >= 4 is 6.08 Å². The molecule has 0 aliphatic heterocycles. The molecule has 0 aliphatic rings. The number of rotatable bonds is 7. The van der Waals surface area contributed by atoms with Crippen molar-refractivity contribution in [3.8, 4) is 5.75 Å². The summed E-state index contributed by atoms with van der Waals surface area (Å²) in [6.07, 6.45) is 4.33. The Balaban J connectivity index is 2.79. The summed E-state index contributed by atoms with van der Waals surface area (Å²) in [5.74, 6) is 1.45. The van der Waals surface area contributed by atoms with Crippen LogP contribution in [0.1, 0.15) is 33.3 Å². The minimum atomic E-state index is 0.205. The van der Waals surface area contributed by atoms with Crippen LogP contribution in [0.15, 0.2) is 30.3 Å². The third kappa shape index (κ3) is 4.53. The lowest BCUT2D eigenvalue weighted by Crippen LogP contribution is -2.35. The average molecular weight is 247 g/mol. The number of allylic oxidation sites excluding steroid dienone is 1. The molecule has 1 atom stereocenters. The lowest BCUT2D eigenvalue weighted by molar-refractivity contribution is 0.149. The normalized spacial score (nSPS) is 13.2. The molecule has 0 saturated carbocycles. The van der Waals surface area contributed by atoms with Gasteiger partial charge in [0.1, 0.15) is 11.9 Å². The highest BCUT2D eigenvalue weighted by Gasteiger charge is 2.15. The summed E-state index contributed by atoms with van der Waals surface area (Å²) in [5.41, 5.74) is 1.14. The summed E-state index contributed by atoms with van der Waals surface area (Å²) in [6.45, 7) is 10.4. The van der Waals surface area contributed by atoms with Crippen molar-refractivity contribution < 1.29 is 4.74 Å². The van der Waals surface area contributed by atoms with Crippen LogP contribution in [0.4, 0.5) is 0 Å². The van der Waals surface area contributed by atoms with E-state index in [9.17, 15) is 0 Å². The Hall–Kier alpha value is -1.28. The van der Waals surface area contributed by atoms with Gasteiger partial charge in [0.05, 0.1) is 0 Å². The second-order valence-electron chi connectivity index (χ2n) is 4.75. The maximum absolute atomic E-state index is 6.15. The van der Waals surface area contributed by atoms with Gasteiger partial charge in [-0.25, -0.2) is 0 Å². The molecule has 2 heteroatoms. The van der Waals surface area contributed by atoms with Crippen molar-refractivity contribution in [3.63, 3.8) is 0 Å². The number of para-hydroxylation sites is 1. The smallest absolute Gasteiger partial charge is 0.127 e. The zero-order chi connectivity index (χ0) is 13.4. The number of hydrogen-bond acceptors (Lipinski definition) is 2. The number of nitrogens with one attached hydrogen (secondary N) is 1. The van der Waals surface area contributed by atoms with E-state index in [1.165, 1.54) is 0 Å². The maximum atomic E-state index is 6.15. The number of hydrogen-bond donors (Lipinski definition) is 1. The minimum absolute atomic E-state index is 0.205. The van der Waals surface area contributed by atoms with Crippen molar-refractivity contribution in [2.24, 2.45) is 5.92 Å². The largest absolute Gasteiger partial charge is 0.488 e. The van der Waals surface area contributed by atoms with E-state index in [1.807, 2.05) is 31.2 Å². The fourth-order valence-electron chi connectivity index (χ4n) is 1.77. The minimum Gasteiger partial charge on any atom is -0.488 e. The quantitative estimate of drug-likeness (QED) is 0.792. The van der Waals surface area contributed by atoms with E-state index >= 15 is 0 Å². The van der Waals surface area contributed by atoms with Crippen LogP contribution < -0.4 is 10.1 Å². The van der Waals surface area contributed by atoms with Crippen LogP contribution >= 0.6 is 0 Å². The molecular formula is C16H25NO. The van der Waals surface area contributed by atoms with Gasteiger partial charge < -0.3 is 10.1 Å². The van der Waals surface area contributed by atoms with Gasteiger partial charge in [0, 0.05) is 12.1 Å². The molecule has 1 rings (SSSR count). The highest BCUT2D eigenvalue weighted by atomic mass is 16.5. The summed E-state index contributed by atoms with van der Waals surface area (Å²) >= 11 is 0. The van der Waals surface area contributed by atoms with E-state index in [2.05, 4.69) is 38.2 Å².